The molecule has 0 bridgehead atoms. The van der Waals surface area contributed by atoms with Crippen molar-refractivity contribution in [2.45, 2.75) is 19.8 Å². The van der Waals surface area contributed by atoms with Crippen molar-refractivity contribution in [3.8, 4) is 11.5 Å². The van der Waals surface area contributed by atoms with Gasteiger partial charge in [-0.15, -0.1) is 0 Å². The van der Waals surface area contributed by atoms with Crippen molar-refractivity contribution in [2.75, 3.05) is 13.3 Å². The highest BCUT2D eigenvalue weighted by Crippen LogP contribution is 2.36. The largest absolute Gasteiger partial charge is 0.454 e. The molecule has 0 saturated carbocycles. The molecule has 10 heteroatoms. The second-order valence-electron chi connectivity index (χ2n) is 5.78. The number of fused-ring (bicyclic) bond motifs is 1. The summed E-state index contributed by atoms with van der Waals surface area (Å²) in [6.07, 6.45) is 2.35. The van der Waals surface area contributed by atoms with Crippen LogP contribution in [-0.2, 0) is 14.4 Å². The summed E-state index contributed by atoms with van der Waals surface area (Å²) in [5.41, 5.74) is 5.31. The van der Waals surface area contributed by atoms with Crippen LogP contribution in [0.2, 0.25) is 0 Å². The van der Waals surface area contributed by atoms with Gasteiger partial charge >= 0.3 is 0 Å². The summed E-state index contributed by atoms with van der Waals surface area (Å²) < 4.78 is 11.1. The minimum atomic E-state index is -0.353. The lowest BCUT2D eigenvalue weighted by Crippen LogP contribution is -2.40. The lowest BCUT2D eigenvalue weighted by molar-refractivity contribution is -0.128. The smallest absolute Gasteiger partial charge is 0.266 e. The SMILES string of the molecule is CC(=O)NNC(=O)CCCN1C(=O)/C(=C/c2ccc3c(c2)OCO3)SC1=S. The Bertz CT molecular complexity index is 840. The Morgan fingerprint density at radius 1 is 1.30 bits per heavy atom. The van der Waals surface area contributed by atoms with Crippen LogP contribution in [0.25, 0.3) is 6.08 Å². The summed E-state index contributed by atoms with van der Waals surface area (Å²) in [4.78, 5) is 36.9. The number of ether oxygens (including phenoxy) is 2. The predicted molar refractivity (Wildman–Crippen MR) is 104 cm³/mol. The van der Waals surface area contributed by atoms with Gasteiger partial charge in [0.1, 0.15) is 4.32 Å². The van der Waals surface area contributed by atoms with E-state index < -0.39 is 0 Å². The first-order valence-electron chi connectivity index (χ1n) is 8.14. The Hall–Kier alpha value is -2.59. The summed E-state index contributed by atoms with van der Waals surface area (Å²) in [7, 11) is 0. The molecule has 142 valence electrons. The van der Waals surface area contributed by atoms with Gasteiger partial charge in [-0.3, -0.25) is 30.1 Å². The Morgan fingerprint density at radius 3 is 2.85 bits per heavy atom. The highest BCUT2D eigenvalue weighted by Gasteiger charge is 2.31. The first-order chi connectivity index (χ1) is 12.9. The molecule has 2 aliphatic heterocycles. The van der Waals surface area contributed by atoms with Crippen molar-refractivity contribution in [2.24, 2.45) is 0 Å². The van der Waals surface area contributed by atoms with Gasteiger partial charge in [0.15, 0.2) is 11.5 Å². The molecule has 1 fully saturated rings. The molecule has 0 unspecified atom stereocenters. The first kappa shape index (κ1) is 19.2. The Morgan fingerprint density at radius 2 is 2.07 bits per heavy atom. The molecule has 3 rings (SSSR count). The third-order valence-electron chi connectivity index (χ3n) is 3.73. The number of hydrazine groups is 1. The van der Waals surface area contributed by atoms with Crippen molar-refractivity contribution in [3.05, 3.63) is 28.7 Å². The van der Waals surface area contributed by atoms with E-state index in [-0.39, 0.29) is 30.9 Å². The maximum absolute atomic E-state index is 12.6. The standard InChI is InChI=1S/C17H17N3O5S2/c1-10(21)18-19-15(22)3-2-6-20-16(23)14(27-17(20)26)8-11-4-5-12-13(7-11)25-9-24-12/h4-5,7-8H,2-3,6,9H2,1H3,(H,18,21)(H,19,22)/b14-8-. The van der Waals surface area contributed by atoms with Crippen LogP contribution in [0.1, 0.15) is 25.3 Å². The van der Waals surface area contributed by atoms with E-state index in [0.717, 1.165) is 5.56 Å². The zero-order valence-corrected chi connectivity index (χ0v) is 16.1. The average Bonchev–Trinajstić information content (AvgIpc) is 3.19. The second-order valence-corrected chi connectivity index (χ2v) is 7.45. The highest BCUT2D eigenvalue weighted by molar-refractivity contribution is 8.26. The van der Waals surface area contributed by atoms with Gasteiger partial charge in [-0.2, -0.15) is 0 Å². The van der Waals surface area contributed by atoms with Crippen molar-refractivity contribution in [1.29, 1.82) is 0 Å². The number of hydrogen-bond acceptors (Lipinski definition) is 7. The van der Waals surface area contributed by atoms with Crippen molar-refractivity contribution < 1.29 is 23.9 Å². The normalized spacial score (nSPS) is 16.8. The number of thioether (sulfide) groups is 1. The van der Waals surface area contributed by atoms with Crippen LogP contribution in [0.4, 0.5) is 0 Å². The van der Waals surface area contributed by atoms with E-state index in [2.05, 4.69) is 10.9 Å². The molecule has 3 amide bonds. The first-order valence-corrected chi connectivity index (χ1v) is 9.37. The summed E-state index contributed by atoms with van der Waals surface area (Å²) in [6, 6.07) is 5.44. The molecule has 1 saturated heterocycles. The zero-order chi connectivity index (χ0) is 19.4. The highest BCUT2D eigenvalue weighted by atomic mass is 32.2. The number of amides is 3. The number of nitrogens with one attached hydrogen (secondary N) is 2. The van der Waals surface area contributed by atoms with Crippen LogP contribution in [-0.4, -0.2) is 40.3 Å². The van der Waals surface area contributed by atoms with Gasteiger partial charge < -0.3 is 9.47 Å². The minimum absolute atomic E-state index is 0.165. The van der Waals surface area contributed by atoms with E-state index in [4.69, 9.17) is 21.7 Å². The molecule has 1 aromatic carbocycles. The zero-order valence-electron chi connectivity index (χ0n) is 14.4. The molecule has 0 radical (unpaired) electrons. The van der Waals surface area contributed by atoms with Crippen molar-refractivity contribution in [1.82, 2.24) is 15.8 Å². The number of nitrogens with zero attached hydrogens (tertiary/aromatic N) is 1. The van der Waals surface area contributed by atoms with Crippen LogP contribution < -0.4 is 20.3 Å². The molecular formula is C17H17N3O5S2. The quantitative estimate of drug-likeness (QED) is 0.434. The molecule has 0 aromatic heterocycles. The van der Waals surface area contributed by atoms with E-state index >= 15 is 0 Å². The van der Waals surface area contributed by atoms with Crippen molar-refractivity contribution >= 4 is 52.1 Å². The second kappa shape index (κ2) is 8.40. The molecule has 0 atom stereocenters. The van der Waals surface area contributed by atoms with Gasteiger partial charge in [0.05, 0.1) is 4.91 Å². The summed E-state index contributed by atoms with van der Waals surface area (Å²) >= 11 is 6.50. The fraction of sp³-hybridized carbons (Fsp3) is 0.294. The molecule has 0 spiro atoms. The molecule has 2 heterocycles. The van der Waals surface area contributed by atoms with Crippen LogP contribution in [0.5, 0.6) is 11.5 Å². The molecular weight excluding hydrogens is 390 g/mol. The molecule has 27 heavy (non-hydrogen) atoms. The molecule has 2 N–H and O–H groups in total. The summed E-state index contributed by atoms with van der Waals surface area (Å²) in [6.45, 7) is 1.82. The fourth-order valence-corrected chi connectivity index (χ4v) is 3.77. The minimum Gasteiger partial charge on any atom is -0.454 e. The fourth-order valence-electron chi connectivity index (χ4n) is 2.47. The van der Waals surface area contributed by atoms with Gasteiger partial charge in [-0.05, 0) is 30.2 Å². The topological polar surface area (TPSA) is 97.0 Å². The van der Waals surface area contributed by atoms with Gasteiger partial charge in [0.25, 0.3) is 5.91 Å². The van der Waals surface area contributed by atoms with E-state index in [1.54, 1.807) is 18.2 Å². The van der Waals surface area contributed by atoms with Crippen molar-refractivity contribution in [3.63, 3.8) is 0 Å². The summed E-state index contributed by atoms with van der Waals surface area (Å²) in [5, 5.41) is 0. The van der Waals surface area contributed by atoms with Gasteiger partial charge in [-0.1, -0.05) is 30.0 Å². The van der Waals surface area contributed by atoms with E-state index in [1.807, 2.05) is 6.07 Å². The number of rotatable bonds is 5. The monoisotopic (exact) mass is 407 g/mol. The van der Waals surface area contributed by atoms with Crippen LogP contribution in [0, 0.1) is 0 Å². The van der Waals surface area contributed by atoms with E-state index in [9.17, 15) is 14.4 Å². The Balaban J connectivity index is 1.56. The molecule has 0 aliphatic carbocycles. The lowest BCUT2D eigenvalue weighted by atomic mass is 10.2. The van der Waals surface area contributed by atoms with Crippen LogP contribution >= 0.6 is 24.0 Å². The predicted octanol–water partition coefficient (Wildman–Crippen LogP) is 1.56. The Labute approximate surface area is 165 Å². The maximum atomic E-state index is 12.6. The maximum Gasteiger partial charge on any atom is 0.266 e. The van der Waals surface area contributed by atoms with Gasteiger partial charge in [0, 0.05) is 19.9 Å². The molecule has 8 nitrogen and oxygen atoms in total. The van der Waals surface area contributed by atoms with Crippen LogP contribution in [0.15, 0.2) is 23.1 Å². The number of benzene rings is 1. The van der Waals surface area contributed by atoms with E-state index in [1.165, 1.54) is 23.6 Å². The Kier molecular flexibility index (Phi) is 5.97. The third-order valence-corrected chi connectivity index (χ3v) is 5.11. The number of carbonyl (C=O) groups is 3. The molecule has 1 aromatic rings. The van der Waals surface area contributed by atoms with Gasteiger partial charge in [0.2, 0.25) is 18.6 Å². The average molecular weight is 407 g/mol. The lowest BCUT2D eigenvalue weighted by Gasteiger charge is -2.14. The summed E-state index contributed by atoms with van der Waals surface area (Å²) in [5.74, 6) is 0.451. The van der Waals surface area contributed by atoms with Gasteiger partial charge in [-0.25, -0.2) is 0 Å². The number of hydrogen-bond donors (Lipinski definition) is 2. The number of carbonyl (C=O) groups excluding carboxylic acids is 3. The molecule has 2 aliphatic rings. The number of thiocarbonyl (C=S) groups is 1. The van der Waals surface area contributed by atoms with E-state index in [0.29, 0.717) is 33.7 Å². The third kappa shape index (κ3) is 4.77. The van der Waals surface area contributed by atoms with Crippen LogP contribution in [0.3, 0.4) is 0 Å².